The van der Waals surface area contributed by atoms with Gasteiger partial charge in [-0.05, 0) is 23.1 Å². The second-order valence-electron chi connectivity index (χ2n) is 6.99. The second kappa shape index (κ2) is 8.55. The van der Waals surface area contributed by atoms with Gasteiger partial charge in [0.05, 0.1) is 17.7 Å². The molecule has 0 bridgehead atoms. The summed E-state index contributed by atoms with van der Waals surface area (Å²) in [6, 6.07) is 10.0. The van der Waals surface area contributed by atoms with Gasteiger partial charge >= 0.3 is 0 Å². The summed E-state index contributed by atoms with van der Waals surface area (Å²) in [5.74, 6) is 0.0877. The molecule has 0 N–H and O–H groups in total. The molecule has 7 heteroatoms. The monoisotopic (exact) mass is 397 g/mol. The third-order valence-electron chi connectivity index (χ3n) is 4.77. The molecule has 28 heavy (non-hydrogen) atoms. The summed E-state index contributed by atoms with van der Waals surface area (Å²) in [6.07, 6.45) is 1.80. The van der Waals surface area contributed by atoms with E-state index in [-0.39, 0.29) is 17.0 Å². The molecule has 1 aliphatic rings. The molecular weight excluding hydrogens is 374 g/mol. The number of morpholine rings is 1. The van der Waals surface area contributed by atoms with E-state index in [1.807, 2.05) is 30.3 Å². The van der Waals surface area contributed by atoms with E-state index in [9.17, 15) is 14.9 Å². The highest BCUT2D eigenvalue weighted by Gasteiger charge is 2.22. The summed E-state index contributed by atoms with van der Waals surface area (Å²) in [4.78, 5) is 27.0. The van der Waals surface area contributed by atoms with Gasteiger partial charge in [-0.15, -0.1) is 11.3 Å². The third kappa shape index (κ3) is 4.08. The quantitative estimate of drug-likeness (QED) is 0.772. The van der Waals surface area contributed by atoms with Crippen molar-refractivity contribution in [1.82, 2.24) is 9.47 Å². The van der Waals surface area contributed by atoms with Crippen LogP contribution in [0.25, 0.3) is 11.6 Å². The molecule has 1 fully saturated rings. The Hall–Kier alpha value is -2.69. The maximum Gasteiger partial charge on any atom is 0.268 e. The number of carbonyl (C=O) groups excluding carboxylic acids is 1. The Bertz CT molecular complexity index is 1080. The van der Waals surface area contributed by atoms with Gasteiger partial charge in [-0.3, -0.25) is 9.59 Å². The van der Waals surface area contributed by atoms with Crippen LogP contribution in [0, 0.1) is 11.3 Å². The molecule has 1 saturated heterocycles. The maximum atomic E-state index is 12.8. The van der Waals surface area contributed by atoms with Gasteiger partial charge in [0.1, 0.15) is 10.7 Å². The number of ether oxygens (including phenoxy) is 1. The van der Waals surface area contributed by atoms with Crippen molar-refractivity contribution in [3.63, 3.8) is 0 Å². The highest BCUT2D eigenvalue weighted by atomic mass is 32.1. The van der Waals surface area contributed by atoms with Crippen molar-refractivity contribution in [2.45, 2.75) is 19.8 Å². The van der Waals surface area contributed by atoms with Crippen molar-refractivity contribution >= 4 is 28.9 Å². The van der Waals surface area contributed by atoms with E-state index in [0.29, 0.717) is 41.4 Å². The topological polar surface area (TPSA) is 75.3 Å². The molecule has 1 aromatic heterocycles. The average Bonchev–Trinajstić information content (AvgIpc) is 2.98. The van der Waals surface area contributed by atoms with Crippen LogP contribution in [-0.2, 0) is 16.6 Å². The van der Waals surface area contributed by atoms with E-state index in [0.717, 1.165) is 5.56 Å². The number of thiazole rings is 1. The van der Waals surface area contributed by atoms with Crippen molar-refractivity contribution < 1.29 is 9.53 Å². The molecule has 0 unspecified atom stereocenters. The minimum Gasteiger partial charge on any atom is -0.378 e. The SMILES string of the molecule is CC(C)c1ccc(/C=c2\s/c(=C(/C#N)C(=O)N3CCOCC3)n(C)c2=O)cc1. The summed E-state index contributed by atoms with van der Waals surface area (Å²) >= 11 is 1.17. The predicted octanol–water partition coefficient (Wildman–Crippen LogP) is 0.932. The molecule has 0 radical (unpaired) electrons. The standard InChI is InChI=1S/C21H23N3O3S/c1-14(2)16-6-4-15(5-7-16)12-18-20(26)23(3)21(28-18)17(13-22)19(25)24-8-10-27-11-9-24/h4-7,12,14H,8-11H2,1-3H3/b18-12-,21-17-. The van der Waals surface area contributed by atoms with E-state index < -0.39 is 0 Å². The fraction of sp³-hybridized carbons (Fsp3) is 0.381. The van der Waals surface area contributed by atoms with E-state index in [1.165, 1.54) is 21.5 Å². The molecule has 0 spiro atoms. The number of rotatable bonds is 3. The second-order valence-corrected chi connectivity index (χ2v) is 8.02. The number of benzene rings is 1. The lowest BCUT2D eigenvalue weighted by molar-refractivity contribution is -0.128. The highest BCUT2D eigenvalue weighted by molar-refractivity contribution is 7.07. The van der Waals surface area contributed by atoms with Gasteiger partial charge in [0.25, 0.3) is 11.5 Å². The first-order valence-electron chi connectivity index (χ1n) is 9.21. The largest absolute Gasteiger partial charge is 0.378 e. The Balaban J connectivity index is 2.06. The minimum atomic E-state index is -0.351. The Morgan fingerprint density at radius 3 is 2.46 bits per heavy atom. The van der Waals surface area contributed by atoms with Gasteiger partial charge in [0.15, 0.2) is 5.57 Å². The molecule has 1 aromatic carbocycles. The number of hydrogen-bond acceptors (Lipinski definition) is 5. The number of nitriles is 1. The first-order chi connectivity index (χ1) is 13.4. The van der Waals surface area contributed by atoms with Gasteiger partial charge < -0.3 is 14.2 Å². The van der Waals surface area contributed by atoms with Crippen LogP contribution >= 0.6 is 11.3 Å². The summed E-state index contributed by atoms with van der Waals surface area (Å²) in [7, 11) is 1.59. The molecule has 1 aliphatic heterocycles. The van der Waals surface area contributed by atoms with Crippen molar-refractivity contribution in [3.05, 3.63) is 54.9 Å². The Kier molecular flexibility index (Phi) is 6.12. The van der Waals surface area contributed by atoms with Gasteiger partial charge in [-0.25, -0.2) is 0 Å². The summed E-state index contributed by atoms with van der Waals surface area (Å²) in [5, 5.41) is 9.59. The van der Waals surface area contributed by atoms with Crippen LogP contribution in [0.1, 0.15) is 30.9 Å². The Morgan fingerprint density at radius 1 is 1.25 bits per heavy atom. The van der Waals surface area contributed by atoms with Crippen LogP contribution in [0.3, 0.4) is 0 Å². The highest BCUT2D eigenvalue weighted by Crippen LogP contribution is 2.14. The number of carbonyl (C=O) groups is 1. The normalized spacial score (nSPS) is 16.2. The molecular formula is C21H23N3O3S. The maximum absolute atomic E-state index is 12.8. The molecule has 0 saturated carbocycles. The Morgan fingerprint density at radius 2 is 1.89 bits per heavy atom. The van der Waals surface area contributed by atoms with E-state index in [1.54, 1.807) is 18.0 Å². The van der Waals surface area contributed by atoms with Crippen molar-refractivity contribution in [2.24, 2.45) is 7.05 Å². The lowest BCUT2D eigenvalue weighted by Gasteiger charge is -2.26. The van der Waals surface area contributed by atoms with Crippen molar-refractivity contribution in [1.29, 1.82) is 5.26 Å². The van der Waals surface area contributed by atoms with Gasteiger partial charge in [0.2, 0.25) is 0 Å². The zero-order valence-electron chi connectivity index (χ0n) is 16.3. The first kappa shape index (κ1) is 20.1. The summed E-state index contributed by atoms with van der Waals surface area (Å²) in [6.45, 7) is 6.07. The van der Waals surface area contributed by atoms with E-state index in [4.69, 9.17) is 4.74 Å². The smallest absolute Gasteiger partial charge is 0.268 e. The van der Waals surface area contributed by atoms with Crippen LogP contribution in [0.4, 0.5) is 0 Å². The lowest BCUT2D eigenvalue weighted by Crippen LogP contribution is -2.42. The zero-order valence-corrected chi connectivity index (χ0v) is 17.1. The number of aromatic nitrogens is 1. The lowest BCUT2D eigenvalue weighted by atomic mass is 10.0. The molecule has 0 aliphatic carbocycles. The molecule has 6 nitrogen and oxygen atoms in total. The van der Waals surface area contributed by atoms with Crippen LogP contribution < -0.4 is 14.8 Å². The fourth-order valence-electron chi connectivity index (χ4n) is 3.02. The number of hydrogen-bond donors (Lipinski definition) is 0. The molecule has 0 atom stereocenters. The van der Waals surface area contributed by atoms with E-state index >= 15 is 0 Å². The first-order valence-corrected chi connectivity index (χ1v) is 10.0. The molecule has 146 valence electrons. The third-order valence-corrected chi connectivity index (χ3v) is 5.95. The van der Waals surface area contributed by atoms with Crippen LogP contribution in [0.15, 0.2) is 29.1 Å². The van der Waals surface area contributed by atoms with Crippen LogP contribution in [0.2, 0.25) is 0 Å². The minimum absolute atomic E-state index is 0.00121. The predicted molar refractivity (Wildman–Crippen MR) is 109 cm³/mol. The van der Waals surface area contributed by atoms with E-state index in [2.05, 4.69) is 13.8 Å². The van der Waals surface area contributed by atoms with Gasteiger partial charge in [-0.2, -0.15) is 5.26 Å². The Labute approximate surface area is 167 Å². The number of nitrogens with zero attached hydrogens (tertiary/aromatic N) is 3. The van der Waals surface area contributed by atoms with Crippen LogP contribution in [0.5, 0.6) is 0 Å². The zero-order chi connectivity index (χ0) is 20.3. The van der Waals surface area contributed by atoms with Crippen LogP contribution in [-0.4, -0.2) is 41.7 Å². The summed E-state index contributed by atoms with van der Waals surface area (Å²) < 4.78 is 7.53. The molecule has 1 amide bonds. The summed E-state index contributed by atoms with van der Waals surface area (Å²) in [5.41, 5.74) is 1.93. The average molecular weight is 398 g/mol. The van der Waals surface area contributed by atoms with Crippen molar-refractivity contribution in [3.8, 4) is 6.07 Å². The molecule has 2 heterocycles. The molecule has 3 rings (SSSR count). The molecule has 2 aromatic rings. The van der Waals surface area contributed by atoms with Gasteiger partial charge in [0, 0.05) is 20.1 Å². The number of amides is 1. The van der Waals surface area contributed by atoms with Gasteiger partial charge in [-0.1, -0.05) is 38.1 Å². The van der Waals surface area contributed by atoms with Crippen molar-refractivity contribution in [2.75, 3.05) is 26.3 Å². The fourth-order valence-corrected chi connectivity index (χ4v) is 4.11.